The average molecular weight is 342 g/mol. The molecule has 1 aliphatic heterocycles. The summed E-state index contributed by atoms with van der Waals surface area (Å²) in [5.41, 5.74) is 1.77. The van der Waals surface area contributed by atoms with E-state index in [9.17, 15) is 14.9 Å². The number of carbonyl (C=O) groups is 1. The number of ether oxygens (including phenoxy) is 2. The second-order valence-corrected chi connectivity index (χ2v) is 5.66. The summed E-state index contributed by atoms with van der Waals surface area (Å²) < 4.78 is 10.4. The first-order valence-electron chi connectivity index (χ1n) is 7.93. The Balaban J connectivity index is 1.74. The van der Waals surface area contributed by atoms with E-state index in [0.717, 1.165) is 24.1 Å². The molecule has 0 atom stereocenters. The van der Waals surface area contributed by atoms with Crippen molar-refractivity contribution in [2.45, 2.75) is 12.8 Å². The molecule has 7 heteroatoms. The molecule has 0 saturated heterocycles. The van der Waals surface area contributed by atoms with Gasteiger partial charge in [-0.3, -0.25) is 14.9 Å². The monoisotopic (exact) mass is 342 g/mol. The first-order valence-corrected chi connectivity index (χ1v) is 7.93. The fourth-order valence-corrected chi connectivity index (χ4v) is 2.90. The standard InChI is InChI=1S/C18H18N2O5/c1-24-14-8-9-17(16(11-14)20(22)23)25-12-18(21)19-10-4-6-13-5-2-3-7-15(13)19/h2-3,5,7-9,11H,4,6,10,12H2,1H3. The Kier molecular flexibility index (Phi) is 4.83. The van der Waals surface area contributed by atoms with Crippen molar-refractivity contribution in [3.8, 4) is 11.5 Å². The molecule has 0 aromatic heterocycles. The number of hydrogen-bond acceptors (Lipinski definition) is 5. The summed E-state index contributed by atoms with van der Waals surface area (Å²) in [5.74, 6) is 0.178. The molecular formula is C18H18N2O5. The zero-order chi connectivity index (χ0) is 17.8. The lowest BCUT2D eigenvalue weighted by Gasteiger charge is -2.29. The summed E-state index contributed by atoms with van der Waals surface area (Å²) in [6.07, 6.45) is 1.82. The maximum absolute atomic E-state index is 12.5. The van der Waals surface area contributed by atoms with E-state index < -0.39 is 4.92 Å². The van der Waals surface area contributed by atoms with Crippen LogP contribution in [0, 0.1) is 10.1 Å². The van der Waals surface area contributed by atoms with E-state index in [2.05, 4.69) is 0 Å². The van der Waals surface area contributed by atoms with Crippen LogP contribution in [-0.2, 0) is 11.2 Å². The fourth-order valence-electron chi connectivity index (χ4n) is 2.90. The number of carbonyl (C=O) groups excluding carboxylic acids is 1. The summed E-state index contributed by atoms with van der Waals surface area (Å²) in [5, 5.41) is 11.2. The van der Waals surface area contributed by atoms with Crippen molar-refractivity contribution in [2.24, 2.45) is 0 Å². The third-order valence-corrected chi connectivity index (χ3v) is 4.13. The van der Waals surface area contributed by atoms with Gasteiger partial charge in [-0.05, 0) is 36.6 Å². The van der Waals surface area contributed by atoms with Crippen LogP contribution in [0.5, 0.6) is 11.5 Å². The van der Waals surface area contributed by atoms with Crippen LogP contribution >= 0.6 is 0 Å². The van der Waals surface area contributed by atoms with Crippen LogP contribution in [0.15, 0.2) is 42.5 Å². The molecule has 0 N–H and O–H groups in total. The van der Waals surface area contributed by atoms with E-state index in [1.165, 1.54) is 19.2 Å². The summed E-state index contributed by atoms with van der Waals surface area (Å²) >= 11 is 0. The number of hydrogen-bond donors (Lipinski definition) is 0. The number of nitro benzene ring substituents is 1. The lowest BCUT2D eigenvalue weighted by atomic mass is 10.0. The molecule has 1 heterocycles. The molecule has 0 saturated carbocycles. The highest BCUT2D eigenvalue weighted by atomic mass is 16.6. The maximum Gasteiger partial charge on any atom is 0.314 e. The van der Waals surface area contributed by atoms with Crippen LogP contribution in [0.3, 0.4) is 0 Å². The van der Waals surface area contributed by atoms with Crippen LogP contribution in [0.1, 0.15) is 12.0 Å². The molecule has 1 aliphatic rings. The second kappa shape index (κ2) is 7.21. The lowest BCUT2D eigenvalue weighted by molar-refractivity contribution is -0.385. The van der Waals surface area contributed by atoms with E-state index >= 15 is 0 Å². The highest BCUT2D eigenvalue weighted by molar-refractivity contribution is 5.95. The maximum atomic E-state index is 12.5. The highest BCUT2D eigenvalue weighted by Crippen LogP contribution is 2.31. The molecule has 0 spiro atoms. The van der Waals surface area contributed by atoms with Gasteiger partial charge in [-0.2, -0.15) is 0 Å². The highest BCUT2D eigenvalue weighted by Gasteiger charge is 2.24. The molecule has 0 bridgehead atoms. The minimum atomic E-state index is -0.557. The topological polar surface area (TPSA) is 81.9 Å². The van der Waals surface area contributed by atoms with Crippen molar-refractivity contribution in [1.29, 1.82) is 0 Å². The van der Waals surface area contributed by atoms with Gasteiger partial charge in [0.05, 0.1) is 18.1 Å². The average Bonchev–Trinajstić information content (AvgIpc) is 2.65. The minimum absolute atomic E-state index is 0.0458. The molecule has 3 rings (SSSR count). The van der Waals surface area contributed by atoms with Gasteiger partial charge in [-0.15, -0.1) is 0 Å². The van der Waals surface area contributed by atoms with Crippen molar-refractivity contribution in [2.75, 3.05) is 25.2 Å². The van der Waals surface area contributed by atoms with Crippen molar-refractivity contribution >= 4 is 17.3 Å². The van der Waals surface area contributed by atoms with Gasteiger partial charge in [-0.1, -0.05) is 18.2 Å². The predicted octanol–water partition coefficient (Wildman–Crippen LogP) is 2.96. The molecule has 0 unspecified atom stereocenters. The number of fused-ring (bicyclic) bond motifs is 1. The number of para-hydroxylation sites is 1. The molecule has 7 nitrogen and oxygen atoms in total. The lowest BCUT2D eigenvalue weighted by Crippen LogP contribution is -2.38. The zero-order valence-corrected chi connectivity index (χ0v) is 13.8. The Labute approximate surface area is 144 Å². The van der Waals surface area contributed by atoms with Crippen molar-refractivity contribution in [3.63, 3.8) is 0 Å². The molecule has 0 aliphatic carbocycles. The molecule has 2 aromatic carbocycles. The molecule has 25 heavy (non-hydrogen) atoms. The van der Waals surface area contributed by atoms with Gasteiger partial charge in [0.25, 0.3) is 5.91 Å². The van der Waals surface area contributed by atoms with Crippen LogP contribution in [-0.4, -0.2) is 31.1 Å². The third-order valence-electron chi connectivity index (χ3n) is 4.13. The SMILES string of the molecule is COc1ccc(OCC(=O)N2CCCc3ccccc32)c([N+](=O)[O-])c1. The van der Waals surface area contributed by atoms with Crippen molar-refractivity contribution < 1.29 is 19.2 Å². The van der Waals surface area contributed by atoms with Crippen molar-refractivity contribution in [3.05, 3.63) is 58.1 Å². The summed E-state index contributed by atoms with van der Waals surface area (Å²) in [6, 6.07) is 12.0. The molecule has 0 radical (unpaired) electrons. The minimum Gasteiger partial charge on any atom is -0.496 e. The van der Waals surface area contributed by atoms with Gasteiger partial charge < -0.3 is 14.4 Å². The summed E-state index contributed by atoms with van der Waals surface area (Å²) in [6.45, 7) is 0.353. The Morgan fingerprint density at radius 3 is 2.84 bits per heavy atom. The predicted molar refractivity (Wildman–Crippen MR) is 92.3 cm³/mol. The number of rotatable bonds is 5. The molecule has 1 amide bonds. The quantitative estimate of drug-likeness (QED) is 0.616. The van der Waals surface area contributed by atoms with Crippen molar-refractivity contribution in [1.82, 2.24) is 0 Å². The Hall–Kier alpha value is -3.09. The second-order valence-electron chi connectivity index (χ2n) is 5.66. The van der Waals surface area contributed by atoms with E-state index in [1.54, 1.807) is 11.0 Å². The van der Waals surface area contributed by atoms with Gasteiger partial charge in [-0.25, -0.2) is 0 Å². The van der Waals surface area contributed by atoms with E-state index in [-0.39, 0.29) is 24.0 Å². The van der Waals surface area contributed by atoms with Gasteiger partial charge in [0.1, 0.15) is 5.75 Å². The molecule has 130 valence electrons. The number of anilines is 1. The van der Waals surface area contributed by atoms with Gasteiger partial charge >= 0.3 is 5.69 Å². The summed E-state index contributed by atoms with van der Waals surface area (Å²) in [4.78, 5) is 24.8. The number of amides is 1. The summed E-state index contributed by atoms with van der Waals surface area (Å²) in [7, 11) is 1.43. The van der Waals surface area contributed by atoms with E-state index in [1.807, 2.05) is 24.3 Å². The first-order chi connectivity index (χ1) is 12.1. The Bertz CT molecular complexity index is 806. The van der Waals surface area contributed by atoms with E-state index in [0.29, 0.717) is 12.3 Å². The van der Waals surface area contributed by atoms with Gasteiger partial charge in [0.2, 0.25) is 0 Å². The molecule has 2 aromatic rings. The number of methoxy groups -OCH3 is 1. The smallest absolute Gasteiger partial charge is 0.314 e. The van der Waals surface area contributed by atoms with Gasteiger partial charge in [0.15, 0.2) is 12.4 Å². The Morgan fingerprint density at radius 1 is 1.28 bits per heavy atom. The van der Waals surface area contributed by atoms with Crippen LogP contribution < -0.4 is 14.4 Å². The Morgan fingerprint density at radius 2 is 2.08 bits per heavy atom. The van der Waals surface area contributed by atoms with E-state index in [4.69, 9.17) is 9.47 Å². The zero-order valence-electron chi connectivity index (χ0n) is 13.8. The number of aryl methyl sites for hydroxylation is 1. The normalized spacial score (nSPS) is 13.1. The van der Waals surface area contributed by atoms with Crippen LogP contribution in [0.25, 0.3) is 0 Å². The number of nitrogens with zero attached hydrogens (tertiary/aromatic N) is 2. The molecule has 0 fully saturated rings. The fraction of sp³-hybridized carbons (Fsp3) is 0.278. The number of nitro groups is 1. The van der Waals surface area contributed by atoms with Crippen LogP contribution in [0.4, 0.5) is 11.4 Å². The molecular weight excluding hydrogens is 324 g/mol. The van der Waals surface area contributed by atoms with Gasteiger partial charge in [0, 0.05) is 12.2 Å². The number of benzene rings is 2. The largest absolute Gasteiger partial charge is 0.496 e. The first kappa shape index (κ1) is 16.8. The third kappa shape index (κ3) is 3.55. The van der Waals surface area contributed by atoms with Crippen LogP contribution in [0.2, 0.25) is 0 Å².